The lowest BCUT2D eigenvalue weighted by atomic mass is 10.0. The number of hydrogen-bond donors (Lipinski definition) is 0. The minimum Gasteiger partial charge on any atom is -0.0776 e. The highest BCUT2D eigenvalue weighted by Gasteiger charge is 2.18. The maximum absolute atomic E-state index is 2.22. The first-order valence-electron chi connectivity index (χ1n) is 4.50. The zero-order chi connectivity index (χ0) is 9.46. The average Bonchev–Trinajstić information content (AvgIpc) is 2.16. The topological polar surface area (TPSA) is 0 Å². The fourth-order valence-corrected chi connectivity index (χ4v) is 1.97. The van der Waals surface area contributed by atoms with Crippen molar-refractivity contribution in [2.75, 3.05) is 0 Å². The summed E-state index contributed by atoms with van der Waals surface area (Å²) in [5.74, 6) is 0. The van der Waals surface area contributed by atoms with E-state index >= 15 is 0 Å². The first kappa shape index (κ1) is 15.7. The Balaban J connectivity index is 0. The van der Waals surface area contributed by atoms with Crippen molar-refractivity contribution in [2.24, 2.45) is 0 Å². The van der Waals surface area contributed by atoms with Crippen LogP contribution in [0, 0.1) is 0 Å². The molecule has 1 rings (SSSR count). The number of rotatable bonds is 0. The van der Waals surface area contributed by atoms with Gasteiger partial charge >= 0.3 is 0 Å². The maximum Gasteiger partial charge on any atom is -0.0206 e. The van der Waals surface area contributed by atoms with Crippen molar-refractivity contribution in [2.45, 2.75) is 56.4 Å². The molecule has 0 amide bonds. The van der Waals surface area contributed by atoms with Gasteiger partial charge in [0, 0.05) is 0 Å². The minimum absolute atomic E-state index is 0. The van der Waals surface area contributed by atoms with Gasteiger partial charge in [0.15, 0.2) is 0 Å². The van der Waals surface area contributed by atoms with Crippen LogP contribution >= 0.6 is 0 Å². The smallest absolute Gasteiger partial charge is 0.0206 e. The Morgan fingerprint density at radius 1 is 0.643 bits per heavy atom. The molecule has 0 N–H and O–H groups in total. The molecule has 0 saturated heterocycles. The van der Waals surface area contributed by atoms with Crippen LogP contribution in [0.2, 0.25) is 0 Å². The number of hydrogen-bond acceptors (Lipinski definition) is 0. The van der Waals surface area contributed by atoms with Crippen molar-refractivity contribution < 1.29 is 0 Å². The van der Waals surface area contributed by atoms with Gasteiger partial charge in [-0.1, -0.05) is 20.4 Å². The quantitative estimate of drug-likeness (QED) is 0.492. The molecule has 0 spiro atoms. The lowest BCUT2D eigenvalue weighted by Gasteiger charge is -2.05. The molecule has 82 valence electrons. The molecule has 0 nitrogen and oxygen atoms in total. The zero-order valence-corrected chi connectivity index (χ0v) is 9.00. The van der Waals surface area contributed by atoms with E-state index in [1.807, 2.05) is 0 Å². The van der Waals surface area contributed by atoms with E-state index in [-0.39, 0.29) is 14.9 Å². The Labute approximate surface area is 90.4 Å². The van der Waals surface area contributed by atoms with Gasteiger partial charge in [-0.25, -0.2) is 0 Å². The Hall–Kier alpha value is -0.780. The predicted octanol–water partition coefficient (Wildman–Crippen LogP) is 5.28. The summed E-state index contributed by atoms with van der Waals surface area (Å²) < 4.78 is 0. The van der Waals surface area contributed by atoms with Crippen molar-refractivity contribution >= 4 is 0 Å². The fourth-order valence-electron chi connectivity index (χ4n) is 1.97. The molecule has 0 bridgehead atoms. The molecule has 0 heteroatoms. The molecular formula is C14H26. The summed E-state index contributed by atoms with van der Waals surface area (Å²) in [6.07, 6.45) is 0. The zero-order valence-electron chi connectivity index (χ0n) is 9.00. The fraction of sp³-hybridized carbons (Fsp3) is 0.571. The van der Waals surface area contributed by atoms with E-state index in [0.29, 0.717) is 0 Å². The predicted molar refractivity (Wildman–Crippen MR) is 68.6 cm³/mol. The largest absolute Gasteiger partial charge is 0.0776 e. The summed E-state index contributed by atoms with van der Waals surface area (Å²) >= 11 is 0. The van der Waals surface area contributed by atoms with Crippen LogP contribution in [0.3, 0.4) is 0 Å². The van der Waals surface area contributed by atoms with E-state index in [9.17, 15) is 0 Å². The van der Waals surface area contributed by atoms with Gasteiger partial charge in [-0.3, -0.25) is 0 Å². The van der Waals surface area contributed by atoms with E-state index in [2.05, 4.69) is 41.5 Å². The van der Waals surface area contributed by atoms with Crippen LogP contribution in [0.1, 0.15) is 56.4 Å². The summed E-state index contributed by atoms with van der Waals surface area (Å²) in [5.41, 5.74) is 8.76. The van der Waals surface area contributed by atoms with Crippen LogP contribution in [0.25, 0.3) is 0 Å². The molecule has 14 heavy (non-hydrogen) atoms. The summed E-state index contributed by atoms with van der Waals surface area (Å²) in [6, 6.07) is 0. The Bertz CT molecular complexity index is 279. The van der Waals surface area contributed by atoms with Crippen LogP contribution < -0.4 is 0 Å². The molecule has 0 aromatic carbocycles. The maximum atomic E-state index is 2.22. The summed E-state index contributed by atoms with van der Waals surface area (Å²) in [6.45, 7) is 13.2. The molecule has 1 aliphatic rings. The lowest BCUT2D eigenvalue weighted by molar-refractivity contribution is 1.24. The van der Waals surface area contributed by atoms with Crippen molar-refractivity contribution in [1.82, 2.24) is 0 Å². The van der Waals surface area contributed by atoms with E-state index in [0.717, 1.165) is 0 Å². The molecule has 0 aromatic heterocycles. The van der Waals surface area contributed by atoms with Crippen LogP contribution in [0.15, 0.2) is 33.4 Å². The van der Waals surface area contributed by atoms with Crippen LogP contribution in [0.4, 0.5) is 0 Å². The van der Waals surface area contributed by atoms with E-state index in [4.69, 9.17) is 0 Å². The van der Waals surface area contributed by atoms with Gasteiger partial charge in [-0.05, 0) is 69.4 Å². The molecule has 0 aromatic rings. The molecule has 0 radical (unpaired) electrons. The Morgan fingerprint density at radius 3 is 1.07 bits per heavy atom. The van der Waals surface area contributed by atoms with Gasteiger partial charge in [0.2, 0.25) is 0 Å². The normalized spacial score (nSPS) is 15.4. The Kier molecular flexibility index (Phi) is 5.81. The number of allylic oxidation sites excluding steroid dienone is 6. The Morgan fingerprint density at radius 2 is 0.929 bits per heavy atom. The minimum atomic E-state index is 0. The van der Waals surface area contributed by atoms with Crippen molar-refractivity contribution in [3.8, 4) is 0 Å². The first-order chi connectivity index (χ1) is 5.46. The second-order valence-corrected chi connectivity index (χ2v) is 3.88. The van der Waals surface area contributed by atoms with Gasteiger partial charge in [0.25, 0.3) is 0 Å². The lowest BCUT2D eigenvalue weighted by Crippen LogP contribution is -1.86. The van der Waals surface area contributed by atoms with Crippen LogP contribution in [-0.4, -0.2) is 0 Å². The third-order valence-corrected chi connectivity index (χ3v) is 2.94. The van der Waals surface area contributed by atoms with Crippen LogP contribution in [-0.2, 0) is 0 Å². The van der Waals surface area contributed by atoms with Gasteiger partial charge < -0.3 is 0 Å². The van der Waals surface area contributed by atoms with Crippen LogP contribution in [0.5, 0.6) is 0 Å². The molecule has 1 aliphatic carbocycles. The van der Waals surface area contributed by atoms with Gasteiger partial charge in [0.05, 0.1) is 0 Å². The van der Waals surface area contributed by atoms with Crippen molar-refractivity contribution in [3.63, 3.8) is 0 Å². The highest BCUT2D eigenvalue weighted by molar-refractivity contribution is 5.62. The monoisotopic (exact) mass is 194 g/mol. The molecule has 0 heterocycles. The van der Waals surface area contributed by atoms with E-state index < -0.39 is 0 Å². The van der Waals surface area contributed by atoms with Crippen molar-refractivity contribution in [1.29, 1.82) is 0 Å². The molecule has 0 unspecified atom stereocenters. The van der Waals surface area contributed by atoms with Gasteiger partial charge in [-0.15, -0.1) is 0 Å². The third kappa shape index (κ3) is 2.17. The highest BCUT2D eigenvalue weighted by atomic mass is 14.2. The second kappa shape index (κ2) is 5.19. The molecule has 0 saturated carbocycles. The van der Waals surface area contributed by atoms with Crippen molar-refractivity contribution in [3.05, 3.63) is 33.4 Å². The van der Waals surface area contributed by atoms with Gasteiger partial charge in [0.1, 0.15) is 0 Å². The standard InChI is InChI=1S/C12H18.2CH4/c1-7(2)12-10(5)8(3)9(4)11(12)6;;/h1-6H3;2*1H4. The average molecular weight is 194 g/mol. The van der Waals surface area contributed by atoms with E-state index in [1.165, 1.54) is 33.4 Å². The summed E-state index contributed by atoms with van der Waals surface area (Å²) in [4.78, 5) is 0. The molecular weight excluding hydrogens is 168 g/mol. The molecule has 0 fully saturated rings. The summed E-state index contributed by atoms with van der Waals surface area (Å²) in [5, 5.41) is 0. The molecule has 0 aliphatic heterocycles. The van der Waals surface area contributed by atoms with E-state index in [1.54, 1.807) is 0 Å². The SMILES string of the molecule is C.C.CC(C)=C1C(C)=C(C)C(C)=C1C. The third-order valence-electron chi connectivity index (χ3n) is 2.94. The highest BCUT2D eigenvalue weighted by Crippen LogP contribution is 2.37. The first-order valence-corrected chi connectivity index (χ1v) is 4.50. The van der Waals surface area contributed by atoms with Gasteiger partial charge in [-0.2, -0.15) is 0 Å². The second-order valence-electron chi connectivity index (χ2n) is 3.88. The summed E-state index contributed by atoms with van der Waals surface area (Å²) in [7, 11) is 0. The molecule has 0 atom stereocenters.